The molecule has 0 saturated heterocycles. The lowest BCUT2D eigenvalue weighted by molar-refractivity contribution is 0.268. The molecule has 0 heterocycles. The minimum absolute atomic E-state index is 0.535. The highest BCUT2D eigenvalue weighted by molar-refractivity contribution is 5.96. The molecule has 0 aliphatic carbocycles. The number of unbranched alkanes of at least 4 members (excludes halogenated alkanes) is 1. The fraction of sp³-hybridized carbons (Fsp3) is 0.471. The molecule has 0 bridgehead atoms. The first-order valence-electron chi connectivity index (χ1n) is 7.35. The third-order valence-corrected chi connectivity index (χ3v) is 3.38. The number of hydrogen-bond acceptors (Lipinski definition) is 5. The van der Waals surface area contributed by atoms with Crippen LogP contribution in [0.5, 0.6) is 17.2 Å². The summed E-state index contributed by atoms with van der Waals surface area (Å²) in [6.45, 7) is 4.16. The molecule has 0 atom stereocenters. The number of methoxy groups -OCH3 is 2. The molecule has 0 fully saturated rings. The van der Waals surface area contributed by atoms with Crippen LogP contribution in [0, 0.1) is 5.41 Å². The van der Waals surface area contributed by atoms with Crippen molar-refractivity contribution >= 4 is 5.71 Å². The van der Waals surface area contributed by atoms with Gasteiger partial charge < -0.3 is 25.4 Å². The molecule has 1 aromatic carbocycles. The molecule has 0 amide bonds. The summed E-state index contributed by atoms with van der Waals surface area (Å²) in [5, 5.41) is 7.70. The molecule has 0 aliphatic heterocycles. The maximum Gasteiger partial charge on any atom is 0.203 e. The van der Waals surface area contributed by atoms with Crippen molar-refractivity contribution in [1.29, 1.82) is 5.41 Å². The lowest BCUT2D eigenvalue weighted by Gasteiger charge is -2.14. The second kappa shape index (κ2) is 8.97. The Morgan fingerprint density at radius 3 is 2.14 bits per heavy atom. The van der Waals surface area contributed by atoms with Crippen LogP contribution in [0.15, 0.2) is 29.5 Å². The van der Waals surface area contributed by atoms with Crippen molar-refractivity contribution < 1.29 is 14.2 Å². The van der Waals surface area contributed by atoms with Gasteiger partial charge in [0, 0.05) is 11.4 Å². The number of rotatable bonds is 9. The Labute approximate surface area is 132 Å². The van der Waals surface area contributed by atoms with E-state index in [2.05, 4.69) is 0 Å². The van der Waals surface area contributed by atoms with Gasteiger partial charge in [-0.25, -0.2) is 0 Å². The first-order chi connectivity index (χ1) is 10.5. The van der Waals surface area contributed by atoms with Crippen LogP contribution in [0.25, 0.3) is 0 Å². The summed E-state index contributed by atoms with van der Waals surface area (Å²) in [5.41, 5.74) is 7.98. The zero-order valence-electron chi connectivity index (χ0n) is 13.9. The summed E-state index contributed by atoms with van der Waals surface area (Å²) < 4.78 is 16.4. The zero-order valence-corrected chi connectivity index (χ0v) is 13.9. The van der Waals surface area contributed by atoms with E-state index in [0.717, 1.165) is 30.5 Å². The van der Waals surface area contributed by atoms with Crippen LogP contribution in [-0.2, 0) is 0 Å². The Bertz CT molecular complexity index is 512. The molecule has 1 aromatic rings. The van der Waals surface area contributed by atoms with E-state index in [1.165, 1.54) is 0 Å². The van der Waals surface area contributed by atoms with Gasteiger partial charge in [-0.3, -0.25) is 0 Å². The van der Waals surface area contributed by atoms with Gasteiger partial charge in [-0.2, -0.15) is 0 Å². The number of allylic oxidation sites excluding steroid dienone is 2. The average molecular weight is 306 g/mol. The second-order valence-electron chi connectivity index (χ2n) is 5.08. The molecule has 5 nitrogen and oxygen atoms in total. The Morgan fingerprint density at radius 1 is 1.09 bits per heavy atom. The van der Waals surface area contributed by atoms with Gasteiger partial charge in [0.05, 0.1) is 20.8 Å². The van der Waals surface area contributed by atoms with Crippen molar-refractivity contribution in [1.82, 2.24) is 0 Å². The number of ether oxygens (including phenoxy) is 3. The Hall–Kier alpha value is -2.17. The molecule has 0 aromatic heterocycles. The number of para-hydroxylation sites is 1. The lowest BCUT2D eigenvalue weighted by atomic mass is 10.0. The summed E-state index contributed by atoms with van der Waals surface area (Å²) in [6.07, 6.45) is 2.58. The van der Waals surface area contributed by atoms with Crippen molar-refractivity contribution in [3.63, 3.8) is 0 Å². The van der Waals surface area contributed by atoms with Gasteiger partial charge in [-0.15, -0.1) is 0 Å². The normalized spacial score (nSPS) is 11.6. The van der Waals surface area contributed by atoms with Crippen molar-refractivity contribution in [2.45, 2.75) is 33.1 Å². The molecule has 0 radical (unpaired) electrons. The first-order valence-corrected chi connectivity index (χ1v) is 7.35. The van der Waals surface area contributed by atoms with E-state index < -0.39 is 0 Å². The van der Waals surface area contributed by atoms with E-state index in [9.17, 15) is 0 Å². The number of nitrogens with two attached hydrogens (primary N) is 1. The van der Waals surface area contributed by atoms with Crippen molar-refractivity contribution in [3.8, 4) is 17.2 Å². The van der Waals surface area contributed by atoms with E-state index in [-0.39, 0.29) is 0 Å². The van der Waals surface area contributed by atoms with E-state index in [4.69, 9.17) is 25.4 Å². The van der Waals surface area contributed by atoms with Gasteiger partial charge in [0.1, 0.15) is 0 Å². The highest BCUT2D eigenvalue weighted by atomic mass is 16.5. The predicted octanol–water partition coefficient (Wildman–Crippen LogP) is 3.53. The largest absolute Gasteiger partial charge is 0.493 e. The molecule has 0 unspecified atom stereocenters. The van der Waals surface area contributed by atoms with Gasteiger partial charge in [0.25, 0.3) is 0 Å². The molecule has 1 rings (SSSR count). The summed E-state index contributed by atoms with van der Waals surface area (Å²) in [7, 11) is 3.21. The molecule has 5 heteroatoms. The van der Waals surface area contributed by atoms with Gasteiger partial charge in [0.2, 0.25) is 5.75 Å². The second-order valence-corrected chi connectivity index (χ2v) is 5.08. The fourth-order valence-electron chi connectivity index (χ4n) is 2.22. The zero-order chi connectivity index (χ0) is 16.5. The Morgan fingerprint density at radius 2 is 1.68 bits per heavy atom. The molecule has 122 valence electrons. The third-order valence-electron chi connectivity index (χ3n) is 3.38. The quantitative estimate of drug-likeness (QED) is 0.540. The fourth-order valence-corrected chi connectivity index (χ4v) is 2.22. The summed E-state index contributed by atoms with van der Waals surface area (Å²) >= 11 is 0. The summed E-state index contributed by atoms with van der Waals surface area (Å²) in [4.78, 5) is 0. The maximum absolute atomic E-state index is 7.70. The van der Waals surface area contributed by atoms with E-state index in [1.54, 1.807) is 21.1 Å². The van der Waals surface area contributed by atoms with Crippen LogP contribution in [0.3, 0.4) is 0 Å². The van der Waals surface area contributed by atoms with E-state index in [1.807, 2.05) is 25.1 Å². The van der Waals surface area contributed by atoms with E-state index in [0.29, 0.717) is 29.6 Å². The molecule has 3 N–H and O–H groups in total. The Balaban J connectivity index is 2.52. The molecular weight excluding hydrogens is 280 g/mol. The maximum atomic E-state index is 7.70. The number of hydrogen-bond donors (Lipinski definition) is 2. The molecular formula is C17H26N2O3. The standard InChI is InChI=1S/C17H26N2O3/c1-12(18)14(13(2)19)8-5-6-11-22-17-15(20-3)9-7-10-16(17)21-4/h7,9-10,18H,5-6,8,11,19H2,1-4H3/b14-13-,18-12?. The minimum atomic E-state index is 0.535. The van der Waals surface area contributed by atoms with Crippen LogP contribution in [0.4, 0.5) is 0 Å². The third kappa shape index (κ3) is 4.98. The predicted molar refractivity (Wildman–Crippen MR) is 89.2 cm³/mol. The first kappa shape index (κ1) is 17.9. The molecule has 22 heavy (non-hydrogen) atoms. The minimum Gasteiger partial charge on any atom is -0.493 e. The molecule has 0 aliphatic rings. The molecule has 0 saturated carbocycles. The molecule has 0 spiro atoms. The summed E-state index contributed by atoms with van der Waals surface area (Å²) in [6, 6.07) is 5.54. The van der Waals surface area contributed by atoms with Crippen LogP contribution >= 0.6 is 0 Å². The Kier molecular flexibility index (Phi) is 7.29. The highest BCUT2D eigenvalue weighted by Gasteiger charge is 2.11. The number of nitrogens with one attached hydrogen (secondary N) is 1. The van der Waals surface area contributed by atoms with Gasteiger partial charge in [-0.1, -0.05) is 6.07 Å². The van der Waals surface area contributed by atoms with Crippen molar-refractivity contribution in [2.75, 3.05) is 20.8 Å². The van der Waals surface area contributed by atoms with Gasteiger partial charge in [-0.05, 0) is 50.8 Å². The van der Waals surface area contributed by atoms with Crippen molar-refractivity contribution in [3.05, 3.63) is 29.5 Å². The topological polar surface area (TPSA) is 77.6 Å². The monoisotopic (exact) mass is 306 g/mol. The van der Waals surface area contributed by atoms with Crippen molar-refractivity contribution in [2.24, 2.45) is 5.73 Å². The van der Waals surface area contributed by atoms with Gasteiger partial charge >= 0.3 is 0 Å². The van der Waals surface area contributed by atoms with Crippen LogP contribution in [0.1, 0.15) is 33.1 Å². The van der Waals surface area contributed by atoms with Crippen LogP contribution in [0.2, 0.25) is 0 Å². The van der Waals surface area contributed by atoms with Gasteiger partial charge in [0.15, 0.2) is 11.5 Å². The average Bonchev–Trinajstić information content (AvgIpc) is 2.49. The van der Waals surface area contributed by atoms with E-state index >= 15 is 0 Å². The highest BCUT2D eigenvalue weighted by Crippen LogP contribution is 2.36. The number of benzene rings is 1. The van der Waals surface area contributed by atoms with Crippen LogP contribution < -0.4 is 19.9 Å². The lowest BCUT2D eigenvalue weighted by Crippen LogP contribution is -2.07. The summed E-state index contributed by atoms with van der Waals surface area (Å²) in [5.74, 6) is 1.95. The van der Waals surface area contributed by atoms with Crippen LogP contribution in [-0.4, -0.2) is 26.5 Å². The smallest absolute Gasteiger partial charge is 0.203 e. The SMILES string of the molecule is COc1cccc(OC)c1OCCCC/C(C(C)=N)=C(\C)N.